The molecule has 1 saturated heterocycles. The van der Waals surface area contributed by atoms with E-state index >= 15 is 0 Å². The van der Waals surface area contributed by atoms with Gasteiger partial charge in [0.05, 0.1) is 38.0 Å². The minimum absolute atomic E-state index is 0.159. The molecule has 0 aliphatic carbocycles. The van der Waals surface area contributed by atoms with Crippen LogP contribution in [0, 0.1) is 0 Å². The Labute approximate surface area is 188 Å². The third-order valence-corrected chi connectivity index (χ3v) is 6.61. The Hall–Kier alpha value is -2.35. The summed E-state index contributed by atoms with van der Waals surface area (Å²) in [6, 6.07) is 10.4. The maximum Gasteiger partial charge on any atom is 0.338 e. The molecule has 0 N–H and O–H groups in total. The number of halogens is 2. The lowest BCUT2D eigenvalue weighted by molar-refractivity contribution is 0.0526. The van der Waals surface area contributed by atoms with Crippen LogP contribution in [0.25, 0.3) is 10.2 Å². The highest BCUT2D eigenvalue weighted by molar-refractivity contribution is 7.22. The molecule has 156 valence electrons. The van der Waals surface area contributed by atoms with Gasteiger partial charge in [0.15, 0.2) is 5.13 Å². The first-order valence-corrected chi connectivity index (χ1v) is 11.1. The zero-order valence-electron chi connectivity index (χ0n) is 16.2. The molecule has 0 saturated carbocycles. The summed E-state index contributed by atoms with van der Waals surface area (Å²) in [4.78, 5) is 33.4. The van der Waals surface area contributed by atoms with Crippen LogP contribution in [0.4, 0.5) is 5.13 Å². The molecule has 0 bridgehead atoms. The lowest BCUT2D eigenvalue weighted by Crippen LogP contribution is -2.48. The highest BCUT2D eigenvalue weighted by atomic mass is 35.5. The molecule has 1 aliphatic rings. The van der Waals surface area contributed by atoms with Gasteiger partial charge in [0.1, 0.15) is 0 Å². The van der Waals surface area contributed by atoms with Crippen LogP contribution < -0.4 is 4.90 Å². The van der Waals surface area contributed by atoms with Crippen LogP contribution in [0.2, 0.25) is 10.0 Å². The van der Waals surface area contributed by atoms with Crippen molar-refractivity contribution in [3.63, 3.8) is 0 Å². The number of hydrogen-bond donors (Lipinski definition) is 0. The monoisotopic (exact) mass is 463 g/mol. The summed E-state index contributed by atoms with van der Waals surface area (Å²) in [7, 11) is 0. The molecule has 0 radical (unpaired) electrons. The number of benzene rings is 2. The molecule has 1 amide bonds. The number of aromatic nitrogens is 1. The van der Waals surface area contributed by atoms with E-state index in [4.69, 9.17) is 27.9 Å². The molecule has 2 heterocycles. The van der Waals surface area contributed by atoms with Gasteiger partial charge >= 0.3 is 5.97 Å². The molecule has 0 atom stereocenters. The summed E-state index contributed by atoms with van der Waals surface area (Å²) < 4.78 is 5.99. The topological polar surface area (TPSA) is 62.7 Å². The largest absolute Gasteiger partial charge is 0.462 e. The van der Waals surface area contributed by atoms with E-state index in [0.717, 1.165) is 15.3 Å². The predicted molar refractivity (Wildman–Crippen MR) is 120 cm³/mol. The molecular weight excluding hydrogens is 445 g/mol. The number of hydrogen-bond acceptors (Lipinski definition) is 6. The molecule has 9 heteroatoms. The van der Waals surface area contributed by atoms with Crippen molar-refractivity contribution >= 4 is 61.8 Å². The molecule has 1 fully saturated rings. The molecule has 4 rings (SSSR count). The van der Waals surface area contributed by atoms with Crippen LogP contribution >= 0.6 is 34.5 Å². The van der Waals surface area contributed by atoms with E-state index in [9.17, 15) is 9.59 Å². The third-order valence-electron chi connectivity index (χ3n) is 4.90. The maximum atomic E-state index is 12.9. The van der Waals surface area contributed by atoms with Crippen LogP contribution in [0.3, 0.4) is 0 Å². The van der Waals surface area contributed by atoms with E-state index in [0.29, 0.717) is 54.0 Å². The minimum Gasteiger partial charge on any atom is -0.462 e. The van der Waals surface area contributed by atoms with Gasteiger partial charge in [-0.2, -0.15) is 0 Å². The smallest absolute Gasteiger partial charge is 0.338 e. The van der Waals surface area contributed by atoms with Gasteiger partial charge in [-0.25, -0.2) is 9.78 Å². The SMILES string of the molecule is CCOC(=O)c1ccc2nc(N3CCN(C(=O)c4c(Cl)cccc4Cl)CC3)sc2c1. The fourth-order valence-electron chi connectivity index (χ4n) is 3.35. The van der Waals surface area contributed by atoms with Crippen LogP contribution in [0.1, 0.15) is 27.6 Å². The molecular formula is C21H19Cl2N3O3S. The summed E-state index contributed by atoms with van der Waals surface area (Å²) in [5.41, 5.74) is 1.71. The molecule has 0 unspecified atom stereocenters. The van der Waals surface area contributed by atoms with Crippen molar-refractivity contribution < 1.29 is 14.3 Å². The number of amides is 1. The zero-order chi connectivity index (χ0) is 21.3. The Morgan fingerprint density at radius 1 is 1.10 bits per heavy atom. The summed E-state index contributed by atoms with van der Waals surface area (Å²) in [6.45, 7) is 4.52. The standard InChI is InChI=1S/C21H19Cl2N3O3S/c1-2-29-20(28)13-6-7-16-17(12-13)30-21(24-16)26-10-8-25(9-11-26)19(27)18-14(22)4-3-5-15(18)23/h3-7,12H,2,8-11H2,1H3. The van der Waals surface area contributed by atoms with E-state index in [1.54, 1.807) is 36.1 Å². The van der Waals surface area contributed by atoms with Crippen molar-refractivity contribution in [2.75, 3.05) is 37.7 Å². The maximum absolute atomic E-state index is 12.9. The van der Waals surface area contributed by atoms with E-state index < -0.39 is 0 Å². The Morgan fingerprint density at radius 2 is 1.80 bits per heavy atom. The van der Waals surface area contributed by atoms with E-state index in [2.05, 4.69) is 9.88 Å². The summed E-state index contributed by atoms with van der Waals surface area (Å²) in [5, 5.41) is 1.59. The summed E-state index contributed by atoms with van der Waals surface area (Å²) in [6.07, 6.45) is 0. The van der Waals surface area contributed by atoms with Crippen molar-refractivity contribution in [3.05, 3.63) is 57.6 Å². The van der Waals surface area contributed by atoms with E-state index in [1.807, 2.05) is 12.1 Å². The quantitative estimate of drug-likeness (QED) is 0.522. The minimum atomic E-state index is -0.334. The fraction of sp³-hybridized carbons (Fsp3) is 0.286. The number of nitrogens with zero attached hydrogens (tertiary/aromatic N) is 3. The highest BCUT2D eigenvalue weighted by Gasteiger charge is 2.26. The van der Waals surface area contributed by atoms with Gasteiger partial charge in [-0.1, -0.05) is 40.6 Å². The van der Waals surface area contributed by atoms with Crippen LogP contribution in [-0.4, -0.2) is 54.5 Å². The number of carbonyl (C=O) groups excluding carboxylic acids is 2. The van der Waals surface area contributed by atoms with Crippen molar-refractivity contribution in [2.24, 2.45) is 0 Å². The van der Waals surface area contributed by atoms with Gasteiger partial charge in [-0.3, -0.25) is 4.79 Å². The highest BCUT2D eigenvalue weighted by Crippen LogP contribution is 2.31. The molecule has 2 aromatic carbocycles. The lowest BCUT2D eigenvalue weighted by Gasteiger charge is -2.34. The average Bonchev–Trinajstić information content (AvgIpc) is 3.17. The lowest BCUT2D eigenvalue weighted by atomic mass is 10.1. The number of fused-ring (bicyclic) bond motifs is 1. The zero-order valence-corrected chi connectivity index (χ0v) is 18.6. The second-order valence-corrected chi connectivity index (χ2v) is 8.60. The number of ether oxygens (including phenoxy) is 1. The Balaban J connectivity index is 1.47. The first-order valence-electron chi connectivity index (χ1n) is 9.54. The number of thiazole rings is 1. The molecule has 1 aromatic heterocycles. The summed E-state index contributed by atoms with van der Waals surface area (Å²) in [5.74, 6) is -0.492. The summed E-state index contributed by atoms with van der Waals surface area (Å²) >= 11 is 13.9. The number of piperazine rings is 1. The van der Waals surface area contributed by atoms with Crippen molar-refractivity contribution in [1.29, 1.82) is 0 Å². The van der Waals surface area contributed by atoms with Gasteiger partial charge in [-0.05, 0) is 37.3 Å². The molecule has 3 aromatic rings. The third kappa shape index (κ3) is 4.10. The second kappa shape index (κ2) is 8.79. The van der Waals surface area contributed by atoms with Gasteiger partial charge in [0.2, 0.25) is 0 Å². The molecule has 0 spiro atoms. The Morgan fingerprint density at radius 3 is 2.47 bits per heavy atom. The number of rotatable bonds is 4. The van der Waals surface area contributed by atoms with Crippen molar-refractivity contribution in [3.8, 4) is 0 Å². The van der Waals surface area contributed by atoms with Crippen LogP contribution in [-0.2, 0) is 4.74 Å². The van der Waals surface area contributed by atoms with Crippen molar-refractivity contribution in [1.82, 2.24) is 9.88 Å². The van der Waals surface area contributed by atoms with E-state index in [-0.39, 0.29) is 11.9 Å². The Bertz CT molecular complexity index is 1090. The van der Waals surface area contributed by atoms with Crippen LogP contribution in [0.15, 0.2) is 36.4 Å². The van der Waals surface area contributed by atoms with Crippen molar-refractivity contribution in [2.45, 2.75) is 6.92 Å². The molecule has 1 aliphatic heterocycles. The normalized spacial score (nSPS) is 14.2. The first-order chi connectivity index (χ1) is 14.5. The van der Waals surface area contributed by atoms with Gasteiger partial charge in [-0.15, -0.1) is 0 Å². The second-order valence-electron chi connectivity index (χ2n) is 6.78. The number of anilines is 1. The fourth-order valence-corrected chi connectivity index (χ4v) is 4.97. The molecule has 30 heavy (non-hydrogen) atoms. The van der Waals surface area contributed by atoms with Gasteiger partial charge in [0, 0.05) is 26.2 Å². The number of esters is 1. The van der Waals surface area contributed by atoms with Crippen LogP contribution in [0.5, 0.6) is 0 Å². The van der Waals surface area contributed by atoms with E-state index in [1.165, 1.54) is 11.3 Å². The molecule has 6 nitrogen and oxygen atoms in total. The van der Waals surface area contributed by atoms with Gasteiger partial charge < -0.3 is 14.5 Å². The number of carbonyl (C=O) groups is 2. The Kier molecular flexibility index (Phi) is 6.13. The predicted octanol–water partition coefficient (Wildman–Crippen LogP) is 4.74. The van der Waals surface area contributed by atoms with Gasteiger partial charge in [0.25, 0.3) is 5.91 Å². The first kappa shape index (κ1) is 20.9. The average molecular weight is 464 g/mol.